The first-order chi connectivity index (χ1) is 15.2. The predicted octanol–water partition coefficient (Wildman–Crippen LogP) is 6.10. The highest BCUT2D eigenvalue weighted by Gasteiger charge is 2.16. The molecule has 0 spiro atoms. The standard InChI is InChI=1S/C26H31N2O4/c1-18-23(28-25(31-18)20-8-6-5-7-9-20)14-15-30-22-12-10-19(21(16-22)17-27)11-13-24(29)32-26(2,3)4/h5-10,12,16,27H,11,13-15,17H2,1-4H3/q-1. The Kier molecular flexibility index (Phi) is 7.70. The van der Waals surface area contributed by atoms with Crippen molar-refractivity contribution in [2.24, 2.45) is 0 Å². The van der Waals surface area contributed by atoms with Crippen LogP contribution in [-0.2, 0) is 28.9 Å². The number of aryl methyl sites for hydroxylation is 2. The van der Waals surface area contributed by atoms with Crippen LogP contribution in [0.1, 0.15) is 49.8 Å². The number of esters is 1. The Balaban J connectivity index is 1.56. The zero-order chi connectivity index (χ0) is 23.1. The summed E-state index contributed by atoms with van der Waals surface area (Å²) in [4.78, 5) is 16.6. The minimum atomic E-state index is -0.489. The van der Waals surface area contributed by atoms with E-state index in [2.05, 4.69) is 4.98 Å². The summed E-state index contributed by atoms with van der Waals surface area (Å²) in [7, 11) is 0. The number of carbonyl (C=O) groups excluding carboxylic acids is 1. The van der Waals surface area contributed by atoms with Crippen molar-refractivity contribution in [1.82, 2.24) is 4.98 Å². The number of hydrogen-bond donors (Lipinski definition) is 0. The second-order valence-corrected chi connectivity index (χ2v) is 8.68. The van der Waals surface area contributed by atoms with Gasteiger partial charge in [-0.05, 0) is 63.9 Å². The second kappa shape index (κ2) is 10.5. The van der Waals surface area contributed by atoms with Gasteiger partial charge >= 0.3 is 5.97 Å². The Morgan fingerprint density at radius 2 is 1.81 bits per heavy atom. The van der Waals surface area contributed by atoms with E-state index in [1.54, 1.807) is 0 Å². The van der Waals surface area contributed by atoms with Crippen molar-refractivity contribution >= 4 is 5.97 Å². The average molecular weight is 436 g/mol. The Bertz CT molecular complexity index is 1040. The normalized spacial score (nSPS) is 11.4. The van der Waals surface area contributed by atoms with Crippen molar-refractivity contribution in [2.45, 2.75) is 59.1 Å². The van der Waals surface area contributed by atoms with Crippen molar-refractivity contribution in [2.75, 3.05) is 6.61 Å². The Morgan fingerprint density at radius 3 is 2.50 bits per heavy atom. The quantitative estimate of drug-likeness (QED) is 0.379. The summed E-state index contributed by atoms with van der Waals surface area (Å²) >= 11 is 0. The Morgan fingerprint density at radius 1 is 1.06 bits per heavy atom. The molecule has 1 N–H and O–H groups in total. The molecule has 6 heteroatoms. The molecule has 0 aliphatic heterocycles. The second-order valence-electron chi connectivity index (χ2n) is 8.68. The number of ether oxygens (including phenoxy) is 2. The van der Waals surface area contributed by atoms with Crippen LogP contribution in [0.25, 0.3) is 17.2 Å². The SMILES string of the molecule is Cc1oc(-c2ccccc2)nc1CCOc1ccc(CCC(=O)OC(C)(C)C)c(C[NH-])c1. The minimum absolute atomic E-state index is 0.129. The van der Waals surface area contributed by atoms with Crippen LogP contribution < -0.4 is 4.74 Å². The van der Waals surface area contributed by atoms with Crippen molar-refractivity contribution < 1.29 is 18.7 Å². The zero-order valence-electron chi connectivity index (χ0n) is 19.2. The zero-order valence-corrected chi connectivity index (χ0v) is 19.2. The molecule has 0 unspecified atom stereocenters. The molecule has 1 heterocycles. The van der Waals surface area contributed by atoms with Crippen molar-refractivity contribution in [3.05, 3.63) is 76.8 Å². The van der Waals surface area contributed by atoms with E-state index in [0.29, 0.717) is 37.5 Å². The summed E-state index contributed by atoms with van der Waals surface area (Å²) in [5.41, 5.74) is 11.0. The summed E-state index contributed by atoms with van der Waals surface area (Å²) in [5.74, 6) is 1.88. The Labute approximate surface area is 189 Å². The molecule has 3 rings (SSSR count). The molecule has 170 valence electrons. The van der Waals surface area contributed by atoms with Gasteiger partial charge in [0, 0.05) is 18.4 Å². The maximum absolute atomic E-state index is 12.0. The summed E-state index contributed by atoms with van der Waals surface area (Å²) in [6.45, 7) is 8.06. The molecular weight excluding hydrogens is 404 g/mol. The fourth-order valence-electron chi connectivity index (χ4n) is 3.36. The summed E-state index contributed by atoms with van der Waals surface area (Å²) < 4.78 is 17.1. The molecular formula is C26H31N2O4-. The number of nitrogens with zero attached hydrogens (tertiary/aromatic N) is 1. The van der Waals surface area contributed by atoms with Crippen molar-refractivity contribution in [1.29, 1.82) is 0 Å². The van der Waals surface area contributed by atoms with E-state index in [4.69, 9.17) is 19.6 Å². The molecule has 0 saturated heterocycles. The third-order valence-electron chi connectivity index (χ3n) is 4.91. The number of aromatic nitrogens is 1. The maximum atomic E-state index is 12.0. The van der Waals surface area contributed by atoms with Crippen LogP contribution in [0.15, 0.2) is 52.9 Å². The fraction of sp³-hybridized carbons (Fsp3) is 0.385. The third kappa shape index (κ3) is 6.69. The van der Waals surface area contributed by atoms with Gasteiger partial charge in [-0.1, -0.05) is 29.8 Å². The molecule has 0 bridgehead atoms. The van der Waals surface area contributed by atoms with Gasteiger partial charge in [0.25, 0.3) is 0 Å². The molecule has 0 saturated carbocycles. The summed E-state index contributed by atoms with van der Waals surface area (Å²) in [5, 5.41) is 0. The van der Waals surface area contributed by atoms with E-state index in [1.165, 1.54) is 0 Å². The Hall–Kier alpha value is -3.12. The minimum Gasteiger partial charge on any atom is -0.674 e. The lowest BCUT2D eigenvalue weighted by atomic mass is 10.0. The molecule has 0 amide bonds. The highest BCUT2D eigenvalue weighted by atomic mass is 16.6. The monoisotopic (exact) mass is 435 g/mol. The van der Waals surface area contributed by atoms with Gasteiger partial charge in [-0.3, -0.25) is 4.79 Å². The van der Waals surface area contributed by atoms with Crippen LogP contribution in [0, 0.1) is 6.92 Å². The number of hydrogen-bond acceptors (Lipinski definition) is 5. The van der Waals surface area contributed by atoms with E-state index in [0.717, 1.165) is 28.1 Å². The molecule has 0 aliphatic rings. The number of benzene rings is 2. The van der Waals surface area contributed by atoms with Crippen LogP contribution in [0.4, 0.5) is 0 Å². The van der Waals surface area contributed by atoms with Crippen LogP contribution in [-0.4, -0.2) is 23.2 Å². The maximum Gasteiger partial charge on any atom is 0.306 e. The summed E-state index contributed by atoms with van der Waals surface area (Å²) in [6.07, 6.45) is 1.46. The van der Waals surface area contributed by atoms with Crippen LogP contribution >= 0.6 is 0 Å². The van der Waals surface area contributed by atoms with E-state index >= 15 is 0 Å². The lowest BCUT2D eigenvalue weighted by molar-refractivity contribution is -0.154. The fourth-order valence-corrected chi connectivity index (χ4v) is 3.36. The van der Waals surface area contributed by atoms with E-state index in [1.807, 2.05) is 76.2 Å². The van der Waals surface area contributed by atoms with Gasteiger partial charge in [0.2, 0.25) is 5.89 Å². The van der Waals surface area contributed by atoms with Crippen LogP contribution in [0.5, 0.6) is 5.75 Å². The first kappa shape index (κ1) is 23.5. The van der Waals surface area contributed by atoms with Gasteiger partial charge in [-0.2, -0.15) is 0 Å². The van der Waals surface area contributed by atoms with Gasteiger partial charge in [0.05, 0.1) is 12.3 Å². The third-order valence-corrected chi connectivity index (χ3v) is 4.91. The first-order valence-electron chi connectivity index (χ1n) is 10.9. The molecule has 2 aromatic carbocycles. The van der Waals surface area contributed by atoms with E-state index in [-0.39, 0.29) is 12.5 Å². The van der Waals surface area contributed by atoms with Gasteiger partial charge in [-0.15, -0.1) is 6.54 Å². The lowest BCUT2D eigenvalue weighted by Crippen LogP contribution is -2.24. The number of nitrogens with one attached hydrogen (secondary N) is 1. The van der Waals surface area contributed by atoms with Gasteiger partial charge in [0.1, 0.15) is 17.1 Å². The topological polar surface area (TPSA) is 85.4 Å². The van der Waals surface area contributed by atoms with Crippen LogP contribution in [0.2, 0.25) is 0 Å². The average Bonchev–Trinajstić information content (AvgIpc) is 3.12. The smallest absolute Gasteiger partial charge is 0.306 e. The molecule has 0 atom stereocenters. The molecule has 32 heavy (non-hydrogen) atoms. The van der Waals surface area contributed by atoms with Gasteiger partial charge in [0.15, 0.2) is 0 Å². The predicted molar refractivity (Wildman–Crippen MR) is 125 cm³/mol. The molecule has 0 fully saturated rings. The summed E-state index contributed by atoms with van der Waals surface area (Å²) in [6, 6.07) is 15.5. The van der Waals surface area contributed by atoms with E-state index in [9.17, 15) is 4.79 Å². The van der Waals surface area contributed by atoms with Crippen LogP contribution in [0.3, 0.4) is 0 Å². The number of oxazole rings is 1. The molecule has 0 aliphatic carbocycles. The molecule has 1 aromatic heterocycles. The van der Waals surface area contributed by atoms with Crippen molar-refractivity contribution in [3.8, 4) is 17.2 Å². The largest absolute Gasteiger partial charge is 0.674 e. The number of carbonyl (C=O) groups is 1. The number of rotatable bonds is 9. The first-order valence-corrected chi connectivity index (χ1v) is 10.9. The molecule has 6 nitrogen and oxygen atoms in total. The molecule has 3 aromatic rings. The highest BCUT2D eigenvalue weighted by Crippen LogP contribution is 2.23. The van der Waals surface area contributed by atoms with Gasteiger partial charge < -0.3 is 19.6 Å². The van der Waals surface area contributed by atoms with Gasteiger partial charge in [-0.25, -0.2) is 4.98 Å². The molecule has 0 radical (unpaired) electrons. The highest BCUT2D eigenvalue weighted by molar-refractivity contribution is 5.70. The van der Waals surface area contributed by atoms with E-state index < -0.39 is 5.60 Å². The lowest BCUT2D eigenvalue weighted by Gasteiger charge is -2.20. The van der Waals surface area contributed by atoms with Crippen molar-refractivity contribution in [3.63, 3.8) is 0 Å².